The van der Waals surface area contributed by atoms with Gasteiger partial charge in [-0.25, -0.2) is 9.67 Å². The minimum Gasteiger partial charge on any atom is -0.310 e. The second-order valence-electron chi connectivity index (χ2n) is 5.40. The minimum atomic E-state index is -0.150. The Labute approximate surface area is 143 Å². The molecule has 2 aromatic heterocycles. The topological polar surface area (TPSA) is 85.6 Å². The second kappa shape index (κ2) is 7.74. The van der Waals surface area contributed by atoms with Crippen LogP contribution in [0.15, 0.2) is 23.5 Å². The Hall–Kier alpha value is -1.67. The lowest BCUT2D eigenvalue weighted by molar-refractivity contribution is -0.113. The van der Waals surface area contributed by atoms with E-state index in [4.69, 9.17) is 11.6 Å². The Morgan fingerprint density at radius 2 is 2.17 bits per heavy atom. The SMILES string of the molecule is O=C(CSc1nnnn1C1CCCCC1)Nc1ccc(Cl)cn1. The Kier molecular flexibility index (Phi) is 5.45. The van der Waals surface area contributed by atoms with Crippen LogP contribution in [0, 0.1) is 0 Å². The zero-order valence-electron chi connectivity index (χ0n) is 12.5. The zero-order valence-corrected chi connectivity index (χ0v) is 14.1. The molecule has 0 spiro atoms. The van der Waals surface area contributed by atoms with Gasteiger partial charge in [0.05, 0.1) is 16.8 Å². The molecule has 122 valence electrons. The van der Waals surface area contributed by atoms with Crippen LogP contribution >= 0.6 is 23.4 Å². The largest absolute Gasteiger partial charge is 0.310 e. The number of tetrazole rings is 1. The van der Waals surface area contributed by atoms with Gasteiger partial charge in [-0.2, -0.15) is 0 Å². The first-order valence-corrected chi connectivity index (χ1v) is 8.91. The molecule has 1 aliphatic rings. The molecule has 1 saturated carbocycles. The van der Waals surface area contributed by atoms with Crippen molar-refractivity contribution in [1.82, 2.24) is 25.2 Å². The average molecular weight is 353 g/mol. The number of halogens is 1. The lowest BCUT2D eigenvalue weighted by Gasteiger charge is -2.21. The highest BCUT2D eigenvalue weighted by Gasteiger charge is 2.20. The molecule has 0 bridgehead atoms. The molecule has 0 unspecified atom stereocenters. The summed E-state index contributed by atoms with van der Waals surface area (Å²) in [4.78, 5) is 16.0. The predicted molar refractivity (Wildman–Crippen MR) is 88.5 cm³/mol. The van der Waals surface area contributed by atoms with Gasteiger partial charge in [0, 0.05) is 6.20 Å². The van der Waals surface area contributed by atoms with Gasteiger partial charge in [0.1, 0.15) is 5.82 Å². The Morgan fingerprint density at radius 1 is 1.35 bits per heavy atom. The molecular weight excluding hydrogens is 336 g/mol. The maximum Gasteiger partial charge on any atom is 0.236 e. The van der Waals surface area contributed by atoms with Gasteiger partial charge in [-0.15, -0.1) is 5.10 Å². The number of nitrogens with one attached hydrogen (secondary N) is 1. The highest BCUT2D eigenvalue weighted by atomic mass is 35.5. The first-order valence-electron chi connectivity index (χ1n) is 7.54. The molecular formula is C14H17ClN6OS. The zero-order chi connectivity index (χ0) is 16.1. The first kappa shape index (κ1) is 16.2. The molecule has 0 saturated heterocycles. The Balaban J connectivity index is 1.55. The third-order valence-corrected chi connectivity index (χ3v) is 4.87. The summed E-state index contributed by atoms with van der Waals surface area (Å²) >= 11 is 7.10. The van der Waals surface area contributed by atoms with Crippen molar-refractivity contribution >= 4 is 35.1 Å². The van der Waals surface area contributed by atoms with E-state index in [1.807, 2.05) is 4.68 Å². The molecule has 0 aromatic carbocycles. The van der Waals surface area contributed by atoms with E-state index >= 15 is 0 Å². The fourth-order valence-corrected chi connectivity index (χ4v) is 3.45. The summed E-state index contributed by atoms with van der Waals surface area (Å²) in [6.07, 6.45) is 7.37. The summed E-state index contributed by atoms with van der Waals surface area (Å²) in [7, 11) is 0. The van der Waals surface area contributed by atoms with Crippen LogP contribution in [0.1, 0.15) is 38.1 Å². The van der Waals surface area contributed by atoms with Gasteiger partial charge in [0.15, 0.2) is 0 Å². The normalized spacial score (nSPS) is 15.5. The van der Waals surface area contributed by atoms with E-state index < -0.39 is 0 Å². The maximum absolute atomic E-state index is 12.0. The van der Waals surface area contributed by atoms with E-state index in [0.29, 0.717) is 22.0 Å². The molecule has 9 heteroatoms. The molecule has 0 radical (unpaired) electrons. The molecule has 1 fully saturated rings. The predicted octanol–water partition coefficient (Wildman–Crippen LogP) is 2.96. The molecule has 2 aromatic rings. The van der Waals surface area contributed by atoms with Crippen molar-refractivity contribution in [3.63, 3.8) is 0 Å². The molecule has 0 aliphatic heterocycles. The van der Waals surface area contributed by atoms with E-state index in [1.54, 1.807) is 12.1 Å². The number of carbonyl (C=O) groups excluding carboxylic acids is 1. The number of thioether (sulfide) groups is 1. The van der Waals surface area contributed by atoms with Crippen molar-refractivity contribution in [1.29, 1.82) is 0 Å². The molecule has 1 aliphatic carbocycles. The van der Waals surface area contributed by atoms with E-state index in [0.717, 1.165) is 12.8 Å². The lowest BCUT2D eigenvalue weighted by Crippen LogP contribution is -2.18. The van der Waals surface area contributed by atoms with Crippen LogP contribution in [0.4, 0.5) is 5.82 Å². The van der Waals surface area contributed by atoms with Crippen molar-refractivity contribution in [2.75, 3.05) is 11.1 Å². The molecule has 7 nitrogen and oxygen atoms in total. The lowest BCUT2D eigenvalue weighted by atomic mass is 9.96. The monoisotopic (exact) mass is 352 g/mol. The van der Waals surface area contributed by atoms with Crippen LogP contribution in [-0.2, 0) is 4.79 Å². The van der Waals surface area contributed by atoms with Crippen molar-refractivity contribution in [2.24, 2.45) is 0 Å². The Morgan fingerprint density at radius 3 is 2.91 bits per heavy atom. The number of pyridine rings is 1. The Bertz CT molecular complexity index is 656. The maximum atomic E-state index is 12.0. The molecule has 2 heterocycles. The number of hydrogen-bond donors (Lipinski definition) is 1. The third-order valence-electron chi connectivity index (χ3n) is 3.71. The third kappa shape index (κ3) is 4.42. The number of hydrogen-bond acceptors (Lipinski definition) is 6. The summed E-state index contributed by atoms with van der Waals surface area (Å²) in [5, 5.41) is 15.8. The highest BCUT2D eigenvalue weighted by molar-refractivity contribution is 7.99. The molecule has 0 atom stereocenters. The number of anilines is 1. The van der Waals surface area contributed by atoms with Crippen LogP contribution in [0.3, 0.4) is 0 Å². The summed E-state index contributed by atoms with van der Waals surface area (Å²) in [5.74, 6) is 0.562. The van der Waals surface area contributed by atoms with Crippen molar-refractivity contribution < 1.29 is 4.79 Å². The van der Waals surface area contributed by atoms with Crippen molar-refractivity contribution in [3.8, 4) is 0 Å². The van der Waals surface area contributed by atoms with Crippen LogP contribution in [-0.4, -0.2) is 36.9 Å². The minimum absolute atomic E-state index is 0.150. The summed E-state index contributed by atoms with van der Waals surface area (Å²) in [5.41, 5.74) is 0. The average Bonchev–Trinajstić information content (AvgIpc) is 3.04. The standard InChI is InChI=1S/C14H17ClN6OS/c15-10-6-7-12(16-8-10)17-13(22)9-23-14-18-19-20-21(14)11-4-2-1-3-5-11/h6-8,11H,1-5,9H2,(H,16,17,22). The number of aromatic nitrogens is 5. The van der Waals surface area contributed by atoms with Gasteiger partial charge in [-0.3, -0.25) is 4.79 Å². The van der Waals surface area contributed by atoms with Gasteiger partial charge in [0.2, 0.25) is 11.1 Å². The van der Waals surface area contributed by atoms with E-state index in [9.17, 15) is 4.79 Å². The quantitative estimate of drug-likeness (QED) is 0.832. The molecule has 3 rings (SSSR count). The highest BCUT2D eigenvalue weighted by Crippen LogP contribution is 2.30. The van der Waals surface area contributed by atoms with Crippen LogP contribution in [0.2, 0.25) is 5.02 Å². The van der Waals surface area contributed by atoms with Crippen LogP contribution in [0.25, 0.3) is 0 Å². The fourth-order valence-electron chi connectivity index (χ4n) is 2.59. The van der Waals surface area contributed by atoms with Gasteiger partial charge >= 0.3 is 0 Å². The number of nitrogens with zero attached hydrogens (tertiary/aromatic N) is 5. The van der Waals surface area contributed by atoms with E-state index in [-0.39, 0.29) is 11.7 Å². The van der Waals surface area contributed by atoms with Crippen molar-refractivity contribution in [3.05, 3.63) is 23.4 Å². The summed E-state index contributed by atoms with van der Waals surface area (Å²) in [6.45, 7) is 0. The molecule has 23 heavy (non-hydrogen) atoms. The van der Waals surface area contributed by atoms with Gasteiger partial charge < -0.3 is 5.32 Å². The second-order valence-corrected chi connectivity index (χ2v) is 6.78. The van der Waals surface area contributed by atoms with E-state index in [1.165, 1.54) is 37.2 Å². The summed E-state index contributed by atoms with van der Waals surface area (Å²) < 4.78 is 1.86. The number of rotatable bonds is 5. The first-order chi connectivity index (χ1) is 11.2. The van der Waals surface area contributed by atoms with Crippen molar-refractivity contribution in [2.45, 2.75) is 43.3 Å². The smallest absolute Gasteiger partial charge is 0.236 e. The molecule has 1 N–H and O–H groups in total. The van der Waals surface area contributed by atoms with Gasteiger partial charge in [-0.05, 0) is 35.4 Å². The number of carbonyl (C=O) groups is 1. The fraction of sp³-hybridized carbons (Fsp3) is 0.500. The van der Waals surface area contributed by atoms with Gasteiger partial charge in [0.25, 0.3) is 0 Å². The van der Waals surface area contributed by atoms with Crippen LogP contribution in [0.5, 0.6) is 0 Å². The van der Waals surface area contributed by atoms with Crippen LogP contribution < -0.4 is 5.32 Å². The number of amides is 1. The van der Waals surface area contributed by atoms with Gasteiger partial charge in [-0.1, -0.05) is 42.6 Å². The van der Waals surface area contributed by atoms with E-state index in [2.05, 4.69) is 25.8 Å². The summed E-state index contributed by atoms with van der Waals surface area (Å²) in [6, 6.07) is 3.69. The molecule has 1 amide bonds.